The number of rotatable bonds is 7. The van der Waals surface area contributed by atoms with Crippen LogP contribution in [0.4, 0.5) is 0 Å². The van der Waals surface area contributed by atoms with Crippen molar-refractivity contribution in [1.82, 2.24) is 15.2 Å². The van der Waals surface area contributed by atoms with Gasteiger partial charge in [0.05, 0.1) is 30.5 Å². The summed E-state index contributed by atoms with van der Waals surface area (Å²) in [6.45, 7) is 5.38. The Morgan fingerprint density at radius 2 is 1.88 bits per heavy atom. The highest BCUT2D eigenvalue weighted by Gasteiger charge is 2.64. The van der Waals surface area contributed by atoms with E-state index in [9.17, 15) is 24.3 Å². The standard InChI is InChI=1S/C38H42N4O8/c1-36(2,3)50-31-15-11-6-5-10-14-25-20-37(25,35(46)47)41-34(45)38(39-23-43)21-27(22-42(38)33(31)44)49-32-19-29(24-12-8-7-9-13-24)40-30-18-26(48-4)16-17-28(30)32/h7-10,12-14,16-19,25,27,31H,5-6,11,15,20-22H2,1-4H3,(H,41,45)(H,46,47)/b14-10-/t25-,27-,31+,37-,38-/m1/s1. The van der Waals surface area contributed by atoms with Crippen LogP contribution in [-0.2, 0) is 23.9 Å². The van der Waals surface area contributed by atoms with Crippen LogP contribution in [0.25, 0.3) is 22.2 Å². The smallest absolute Gasteiger partial charge is 0.330 e. The van der Waals surface area contributed by atoms with E-state index in [0.29, 0.717) is 47.4 Å². The fraction of sp³-hybridized carbons (Fsp3) is 0.447. The number of pyridine rings is 1. The zero-order valence-electron chi connectivity index (χ0n) is 28.7. The van der Waals surface area contributed by atoms with Gasteiger partial charge in [0, 0.05) is 35.4 Å². The van der Waals surface area contributed by atoms with Gasteiger partial charge >= 0.3 is 5.97 Å². The number of aromatic nitrogens is 1. The van der Waals surface area contributed by atoms with Gasteiger partial charge in [-0.3, -0.25) is 9.59 Å². The molecule has 0 bridgehead atoms. The molecule has 12 nitrogen and oxygen atoms in total. The lowest BCUT2D eigenvalue weighted by atomic mass is 10.0. The normalized spacial score (nSPS) is 27.6. The molecule has 3 aliphatic rings. The fourth-order valence-electron chi connectivity index (χ4n) is 6.93. The third kappa shape index (κ3) is 6.86. The second-order valence-electron chi connectivity index (χ2n) is 14.1. The number of isocyanates is 1. The van der Waals surface area contributed by atoms with Crippen molar-refractivity contribution in [2.24, 2.45) is 10.9 Å². The highest BCUT2D eigenvalue weighted by molar-refractivity contribution is 5.98. The van der Waals surface area contributed by atoms with Crippen molar-refractivity contribution in [2.75, 3.05) is 13.7 Å². The first-order valence-corrected chi connectivity index (χ1v) is 16.9. The zero-order chi connectivity index (χ0) is 35.7. The van der Waals surface area contributed by atoms with Crippen molar-refractivity contribution in [3.63, 3.8) is 0 Å². The van der Waals surface area contributed by atoms with Crippen molar-refractivity contribution >= 4 is 34.8 Å². The van der Waals surface area contributed by atoms with E-state index in [1.807, 2.05) is 69.3 Å². The van der Waals surface area contributed by atoms with Crippen LogP contribution in [0.2, 0.25) is 0 Å². The Morgan fingerprint density at radius 3 is 2.58 bits per heavy atom. The number of carbonyl (C=O) groups excluding carboxylic acids is 3. The summed E-state index contributed by atoms with van der Waals surface area (Å²) in [6.07, 6.45) is 5.82. The van der Waals surface area contributed by atoms with Crippen LogP contribution >= 0.6 is 0 Å². The molecule has 3 aromatic rings. The minimum absolute atomic E-state index is 0.133. The summed E-state index contributed by atoms with van der Waals surface area (Å²) in [5.74, 6) is -2.05. The maximum Gasteiger partial charge on any atom is 0.330 e. The number of carbonyl (C=O) groups is 3. The van der Waals surface area contributed by atoms with E-state index < -0.39 is 52.7 Å². The van der Waals surface area contributed by atoms with Gasteiger partial charge < -0.3 is 29.5 Å². The molecule has 2 aromatic carbocycles. The first-order chi connectivity index (χ1) is 23.9. The second kappa shape index (κ2) is 13.7. The van der Waals surface area contributed by atoms with E-state index in [1.165, 1.54) is 11.0 Å². The van der Waals surface area contributed by atoms with Crippen molar-refractivity contribution in [3.05, 3.63) is 66.7 Å². The maximum absolute atomic E-state index is 14.5. The molecule has 50 heavy (non-hydrogen) atoms. The van der Waals surface area contributed by atoms with Gasteiger partial charge in [0.25, 0.3) is 11.8 Å². The fourth-order valence-corrected chi connectivity index (χ4v) is 6.93. The lowest BCUT2D eigenvalue weighted by molar-refractivity contribution is -0.162. The number of fused-ring (bicyclic) bond motifs is 3. The van der Waals surface area contributed by atoms with Crippen molar-refractivity contribution < 1.29 is 38.5 Å². The molecule has 2 aliphatic heterocycles. The van der Waals surface area contributed by atoms with Crippen LogP contribution in [-0.4, -0.2) is 81.5 Å². The van der Waals surface area contributed by atoms with Gasteiger partial charge in [-0.15, -0.1) is 0 Å². The molecule has 3 heterocycles. The van der Waals surface area contributed by atoms with Crippen LogP contribution in [0.1, 0.15) is 59.3 Å². The summed E-state index contributed by atoms with van der Waals surface area (Å²) in [6, 6.07) is 16.7. The molecule has 2 amide bonds. The number of benzene rings is 2. The van der Waals surface area contributed by atoms with Crippen LogP contribution in [0.15, 0.2) is 71.7 Å². The van der Waals surface area contributed by atoms with E-state index in [2.05, 4.69) is 10.3 Å². The molecule has 5 atom stereocenters. The number of carboxylic acid groups (broad SMARTS) is 1. The van der Waals surface area contributed by atoms with Crippen LogP contribution < -0.4 is 14.8 Å². The minimum Gasteiger partial charge on any atom is -0.497 e. The molecule has 0 radical (unpaired) electrons. The van der Waals surface area contributed by atoms with Gasteiger partial charge in [0.2, 0.25) is 11.7 Å². The molecule has 1 saturated carbocycles. The van der Waals surface area contributed by atoms with Gasteiger partial charge in [-0.1, -0.05) is 48.9 Å². The van der Waals surface area contributed by atoms with Crippen LogP contribution in [0, 0.1) is 5.92 Å². The number of hydrogen-bond donors (Lipinski definition) is 2. The highest BCUT2D eigenvalue weighted by Crippen LogP contribution is 2.47. The predicted molar refractivity (Wildman–Crippen MR) is 184 cm³/mol. The van der Waals surface area contributed by atoms with Crippen LogP contribution in [0.3, 0.4) is 0 Å². The van der Waals surface area contributed by atoms with E-state index in [4.69, 9.17) is 19.2 Å². The Labute approximate surface area is 290 Å². The van der Waals surface area contributed by atoms with E-state index in [-0.39, 0.29) is 19.4 Å². The molecule has 1 aromatic heterocycles. The number of aliphatic carboxylic acids is 1. The number of nitrogens with zero attached hydrogens (tertiary/aromatic N) is 3. The molecule has 12 heteroatoms. The summed E-state index contributed by atoms with van der Waals surface area (Å²) in [4.78, 5) is 63.7. The number of nitrogens with one attached hydrogen (secondary N) is 1. The van der Waals surface area contributed by atoms with Crippen LogP contribution in [0.5, 0.6) is 11.5 Å². The minimum atomic E-state index is -2.14. The van der Waals surface area contributed by atoms with Gasteiger partial charge in [0.1, 0.15) is 29.2 Å². The third-order valence-corrected chi connectivity index (χ3v) is 9.51. The summed E-state index contributed by atoms with van der Waals surface area (Å²) >= 11 is 0. The van der Waals surface area contributed by atoms with Gasteiger partial charge in [-0.2, -0.15) is 4.99 Å². The quantitative estimate of drug-likeness (QED) is 0.194. The predicted octanol–water partition coefficient (Wildman–Crippen LogP) is 5.20. The SMILES string of the molecule is COc1ccc2c(O[C@H]3CN4C(=O)[C@@H](OC(C)(C)C)CCCC/C=C\[C@@H]5C[C@@]5(C(=O)O)NC(=O)[C@@]4(N=C=O)C3)cc(-c3ccccc3)nc2c1. The largest absolute Gasteiger partial charge is 0.497 e. The Hall–Kier alpha value is -5.06. The maximum atomic E-state index is 14.5. The summed E-state index contributed by atoms with van der Waals surface area (Å²) in [5, 5.41) is 13.6. The first kappa shape index (κ1) is 34.8. The van der Waals surface area contributed by atoms with E-state index in [1.54, 1.807) is 25.3 Å². The molecule has 0 spiro atoms. The average molecular weight is 683 g/mol. The molecule has 1 aliphatic carbocycles. The lowest BCUT2D eigenvalue weighted by Crippen LogP contribution is -2.61. The lowest BCUT2D eigenvalue weighted by Gasteiger charge is -2.36. The molecule has 6 rings (SSSR count). The van der Waals surface area contributed by atoms with Gasteiger partial charge in [0.15, 0.2) is 0 Å². The molecule has 2 fully saturated rings. The molecule has 262 valence electrons. The average Bonchev–Trinajstić information content (AvgIpc) is 3.67. The van der Waals surface area contributed by atoms with Crippen molar-refractivity contribution in [2.45, 2.75) is 88.3 Å². The Kier molecular flexibility index (Phi) is 9.52. The monoisotopic (exact) mass is 682 g/mol. The molecular weight excluding hydrogens is 640 g/mol. The number of amides is 2. The number of allylic oxidation sites excluding steroid dienone is 1. The second-order valence-corrected chi connectivity index (χ2v) is 14.1. The number of methoxy groups -OCH3 is 1. The molecule has 0 unspecified atom stereocenters. The topological polar surface area (TPSA) is 157 Å². The first-order valence-electron chi connectivity index (χ1n) is 16.9. The summed E-state index contributed by atoms with van der Waals surface area (Å²) < 4.78 is 18.4. The molecule has 1 saturated heterocycles. The van der Waals surface area contributed by atoms with E-state index >= 15 is 0 Å². The van der Waals surface area contributed by atoms with E-state index in [0.717, 1.165) is 12.0 Å². The van der Waals surface area contributed by atoms with Crippen molar-refractivity contribution in [1.29, 1.82) is 0 Å². The molecule has 2 N–H and O–H groups in total. The highest BCUT2D eigenvalue weighted by atomic mass is 16.5. The number of aliphatic imine (C=N–C) groups is 1. The van der Waals surface area contributed by atoms with Gasteiger partial charge in [-0.05, 0) is 58.6 Å². The Balaban J connectivity index is 1.44. The Bertz CT molecular complexity index is 1870. The Morgan fingerprint density at radius 1 is 1.10 bits per heavy atom. The number of ether oxygens (including phenoxy) is 3. The van der Waals surface area contributed by atoms with Crippen molar-refractivity contribution in [3.8, 4) is 22.8 Å². The summed E-state index contributed by atoms with van der Waals surface area (Å²) in [7, 11) is 1.57. The third-order valence-electron chi connectivity index (χ3n) is 9.51. The zero-order valence-corrected chi connectivity index (χ0v) is 28.7. The molecular formula is C38H42N4O8. The number of carboxylic acids is 1. The summed E-state index contributed by atoms with van der Waals surface area (Å²) in [5.41, 5.74) is -2.37. The number of hydrogen-bond acceptors (Lipinski definition) is 9. The van der Waals surface area contributed by atoms with Gasteiger partial charge in [-0.25, -0.2) is 14.6 Å².